The van der Waals surface area contributed by atoms with E-state index in [1.165, 1.54) is 0 Å². The number of hydrogen-bond donors (Lipinski definition) is 1. The number of Topliss-reactive ketones (excluding diaryl/α,β-unsaturated/α-hetero) is 1. The van der Waals surface area contributed by atoms with Crippen LogP contribution in [-0.4, -0.2) is 27.0 Å². The molecule has 0 saturated carbocycles. The molecule has 1 aliphatic rings. The molecule has 1 N–H and O–H groups in total. The number of aromatic nitrogens is 2. The van der Waals surface area contributed by atoms with Crippen LogP contribution < -0.4 is 5.32 Å². The molecule has 0 radical (unpaired) electrons. The zero-order valence-corrected chi connectivity index (χ0v) is 16.0. The Morgan fingerprint density at radius 3 is 2.55 bits per heavy atom. The number of pyridine rings is 1. The van der Waals surface area contributed by atoms with E-state index in [2.05, 4.69) is 10.3 Å². The minimum atomic E-state index is -0.527. The number of nitrogens with zero attached hydrogens (tertiary/aromatic N) is 3. The number of imidazole rings is 1. The highest BCUT2D eigenvalue weighted by atomic mass is 16.1. The van der Waals surface area contributed by atoms with Gasteiger partial charge < -0.3 is 5.32 Å². The maximum atomic E-state index is 13.6. The Kier molecular flexibility index (Phi) is 4.21. The second-order valence-electron chi connectivity index (χ2n) is 7.23. The van der Waals surface area contributed by atoms with Crippen molar-refractivity contribution in [3.8, 4) is 0 Å². The van der Waals surface area contributed by atoms with Gasteiger partial charge in [-0.15, -0.1) is 0 Å². The van der Waals surface area contributed by atoms with E-state index in [0.29, 0.717) is 23.8 Å². The number of anilines is 1. The molecule has 0 aliphatic carbocycles. The highest BCUT2D eigenvalue weighted by Gasteiger charge is 2.31. The molecule has 2 aromatic carbocycles. The van der Waals surface area contributed by atoms with E-state index in [1.807, 2.05) is 90.3 Å². The third-order valence-electron chi connectivity index (χ3n) is 5.26. The molecule has 3 heterocycles. The lowest BCUT2D eigenvalue weighted by Gasteiger charge is -2.13. The van der Waals surface area contributed by atoms with Gasteiger partial charge in [0.15, 0.2) is 5.82 Å². The van der Waals surface area contributed by atoms with Crippen LogP contribution in [0.15, 0.2) is 84.0 Å². The van der Waals surface area contributed by atoms with E-state index >= 15 is 0 Å². The van der Waals surface area contributed by atoms with Gasteiger partial charge in [-0.2, -0.15) is 0 Å². The highest BCUT2D eigenvalue weighted by Crippen LogP contribution is 2.26. The van der Waals surface area contributed by atoms with Crippen molar-refractivity contribution in [2.24, 2.45) is 4.99 Å². The summed E-state index contributed by atoms with van der Waals surface area (Å²) in [5.41, 5.74) is 4.44. The third-order valence-corrected chi connectivity index (χ3v) is 5.26. The Balaban J connectivity index is 1.68. The van der Waals surface area contributed by atoms with Crippen molar-refractivity contribution < 1.29 is 4.79 Å². The lowest BCUT2D eigenvalue weighted by Crippen LogP contribution is -2.23. The number of amidine groups is 1. The zero-order chi connectivity index (χ0) is 19.8. The number of aliphatic imine (C=N–C) groups is 1. The first-order valence-corrected chi connectivity index (χ1v) is 9.67. The van der Waals surface area contributed by atoms with Gasteiger partial charge in [0.2, 0.25) is 5.78 Å². The van der Waals surface area contributed by atoms with Crippen LogP contribution in [-0.2, 0) is 6.42 Å². The molecule has 142 valence electrons. The minimum Gasteiger partial charge on any atom is -0.323 e. The number of carbonyl (C=O) groups excluding carboxylic acids is 1. The second-order valence-corrected chi connectivity index (χ2v) is 7.23. The maximum Gasteiger partial charge on any atom is 0.208 e. The molecule has 5 heteroatoms. The smallest absolute Gasteiger partial charge is 0.208 e. The molecule has 5 nitrogen and oxygen atoms in total. The largest absolute Gasteiger partial charge is 0.323 e. The van der Waals surface area contributed by atoms with Crippen molar-refractivity contribution in [2.75, 3.05) is 5.32 Å². The van der Waals surface area contributed by atoms with Crippen LogP contribution in [0.1, 0.15) is 27.2 Å². The molecule has 0 saturated heterocycles. The number of aryl methyl sites for hydroxylation is 1. The van der Waals surface area contributed by atoms with Gasteiger partial charge in [-0.3, -0.25) is 14.2 Å². The van der Waals surface area contributed by atoms with E-state index in [0.717, 1.165) is 22.3 Å². The summed E-state index contributed by atoms with van der Waals surface area (Å²) in [6.45, 7) is 2.04. The molecule has 0 fully saturated rings. The number of hydrogen-bond acceptors (Lipinski definition) is 4. The lowest BCUT2D eigenvalue weighted by molar-refractivity contribution is 0.0958. The molecule has 5 rings (SSSR count). The Labute approximate surface area is 168 Å². The summed E-state index contributed by atoms with van der Waals surface area (Å²) in [4.78, 5) is 23.1. The summed E-state index contributed by atoms with van der Waals surface area (Å²) in [5.74, 6) is 1.21. The van der Waals surface area contributed by atoms with Crippen LogP contribution >= 0.6 is 0 Å². The number of ketones is 1. The number of benzene rings is 2. The first kappa shape index (κ1) is 17.4. The monoisotopic (exact) mass is 380 g/mol. The summed E-state index contributed by atoms with van der Waals surface area (Å²) >= 11 is 0. The molecule has 0 amide bonds. The maximum absolute atomic E-state index is 13.6. The van der Waals surface area contributed by atoms with Crippen molar-refractivity contribution in [2.45, 2.75) is 19.4 Å². The van der Waals surface area contributed by atoms with Gasteiger partial charge in [-0.25, -0.2) is 4.98 Å². The SMILES string of the molecule is Cc1ccccc1C1=N[C@@H](Cc2ccccc2)C(=O)c2c(nc3ccccn23)N1. The predicted octanol–water partition coefficient (Wildman–Crippen LogP) is 4.31. The summed E-state index contributed by atoms with van der Waals surface area (Å²) in [7, 11) is 0. The van der Waals surface area contributed by atoms with Crippen LogP contribution in [0.4, 0.5) is 5.82 Å². The van der Waals surface area contributed by atoms with Crippen LogP contribution in [0.5, 0.6) is 0 Å². The minimum absolute atomic E-state index is 0.0290. The highest BCUT2D eigenvalue weighted by molar-refractivity contribution is 6.16. The first-order chi connectivity index (χ1) is 14.2. The van der Waals surface area contributed by atoms with Crippen molar-refractivity contribution in [1.29, 1.82) is 0 Å². The summed E-state index contributed by atoms with van der Waals surface area (Å²) in [6, 6.07) is 23.3. The standard InChI is InChI=1S/C24H20N4O/c1-16-9-5-6-12-18(16)23-25-19(15-17-10-3-2-4-11-17)22(29)21-24(27-23)26-20-13-7-8-14-28(20)21/h2-14,19H,15H2,1H3,(H,25,27)/t19-/m0/s1. The average molecular weight is 380 g/mol. The van der Waals surface area contributed by atoms with Crippen molar-refractivity contribution in [3.63, 3.8) is 0 Å². The van der Waals surface area contributed by atoms with Gasteiger partial charge in [0.25, 0.3) is 0 Å². The first-order valence-electron chi connectivity index (χ1n) is 9.67. The third kappa shape index (κ3) is 3.10. The average Bonchev–Trinajstić information content (AvgIpc) is 3.05. The number of carbonyl (C=O) groups is 1. The van der Waals surface area contributed by atoms with Gasteiger partial charge in [0.05, 0.1) is 0 Å². The van der Waals surface area contributed by atoms with Crippen LogP contribution in [0, 0.1) is 6.92 Å². The summed E-state index contributed by atoms with van der Waals surface area (Å²) < 4.78 is 1.85. The molecular weight excluding hydrogens is 360 g/mol. The summed E-state index contributed by atoms with van der Waals surface area (Å²) in [6.07, 6.45) is 2.41. The number of nitrogens with one attached hydrogen (secondary N) is 1. The van der Waals surface area contributed by atoms with Crippen molar-refractivity contribution in [3.05, 3.63) is 101 Å². The molecular formula is C24H20N4O. The van der Waals surface area contributed by atoms with Gasteiger partial charge in [-0.1, -0.05) is 60.7 Å². The Bertz CT molecular complexity index is 1240. The molecule has 2 aromatic heterocycles. The van der Waals surface area contributed by atoms with E-state index < -0.39 is 6.04 Å². The van der Waals surface area contributed by atoms with Gasteiger partial charge >= 0.3 is 0 Å². The quantitative estimate of drug-likeness (QED) is 0.576. The molecule has 1 atom stereocenters. The van der Waals surface area contributed by atoms with E-state index in [9.17, 15) is 4.79 Å². The van der Waals surface area contributed by atoms with E-state index in [1.54, 1.807) is 0 Å². The topological polar surface area (TPSA) is 58.8 Å². The molecule has 1 aliphatic heterocycles. The normalized spacial score (nSPS) is 16.1. The zero-order valence-electron chi connectivity index (χ0n) is 16.0. The van der Waals surface area contributed by atoms with Crippen LogP contribution in [0.3, 0.4) is 0 Å². The predicted molar refractivity (Wildman–Crippen MR) is 115 cm³/mol. The van der Waals surface area contributed by atoms with Crippen LogP contribution in [0.25, 0.3) is 5.65 Å². The van der Waals surface area contributed by atoms with E-state index in [-0.39, 0.29) is 5.78 Å². The fourth-order valence-electron chi connectivity index (χ4n) is 3.79. The summed E-state index contributed by atoms with van der Waals surface area (Å²) in [5, 5.41) is 3.35. The fourth-order valence-corrected chi connectivity index (χ4v) is 3.79. The Morgan fingerprint density at radius 1 is 0.966 bits per heavy atom. The van der Waals surface area contributed by atoms with Crippen molar-refractivity contribution in [1.82, 2.24) is 9.38 Å². The van der Waals surface area contributed by atoms with Crippen LogP contribution in [0.2, 0.25) is 0 Å². The lowest BCUT2D eigenvalue weighted by atomic mass is 10.0. The van der Waals surface area contributed by atoms with Gasteiger partial charge in [-0.05, 0) is 30.2 Å². The Hall–Kier alpha value is -3.73. The van der Waals surface area contributed by atoms with E-state index in [4.69, 9.17) is 4.99 Å². The fraction of sp³-hybridized carbons (Fsp3) is 0.125. The van der Waals surface area contributed by atoms with Gasteiger partial charge in [0.1, 0.15) is 23.2 Å². The molecule has 4 aromatic rings. The molecule has 0 unspecified atom stereocenters. The second kappa shape index (κ2) is 7.02. The number of fused-ring (bicyclic) bond motifs is 3. The molecule has 0 spiro atoms. The molecule has 0 bridgehead atoms. The number of rotatable bonds is 3. The Morgan fingerprint density at radius 2 is 1.72 bits per heavy atom. The van der Waals surface area contributed by atoms with Gasteiger partial charge in [0, 0.05) is 18.2 Å². The van der Waals surface area contributed by atoms with Crippen molar-refractivity contribution >= 4 is 23.1 Å². The molecule has 29 heavy (non-hydrogen) atoms.